The van der Waals surface area contributed by atoms with Gasteiger partial charge in [-0.2, -0.15) is 0 Å². The summed E-state index contributed by atoms with van der Waals surface area (Å²) in [6.07, 6.45) is 3.17. The lowest BCUT2D eigenvalue weighted by atomic mass is 9.81. The Morgan fingerprint density at radius 2 is 1.33 bits per heavy atom. The Bertz CT molecular complexity index is 249. The molecule has 0 N–H and O–H groups in total. The predicted octanol–water partition coefficient (Wildman–Crippen LogP) is 0.306. The summed E-state index contributed by atoms with van der Waals surface area (Å²) < 4.78 is 0. The molecule has 0 aromatic rings. The molecular weight excluding hydrogens is 148 g/mol. The van der Waals surface area contributed by atoms with Crippen molar-refractivity contribution in [3.05, 3.63) is 0 Å². The first-order valence-electron chi connectivity index (χ1n) is 5.53. The van der Waals surface area contributed by atoms with Crippen molar-refractivity contribution >= 4 is 0 Å². The smallest absolute Gasteiger partial charge is 0.0453 e. The molecular formula is C10H12N2. The van der Waals surface area contributed by atoms with Gasteiger partial charge in [0, 0.05) is 24.2 Å². The second kappa shape index (κ2) is 1.05. The largest absolute Gasteiger partial charge is 0.233 e. The molecule has 7 fully saturated rings. The third kappa shape index (κ3) is 0.220. The molecule has 2 heteroatoms. The second-order valence-corrected chi connectivity index (χ2v) is 5.83. The van der Waals surface area contributed by atoms with Crippen LogP contribution < -0.4 is 0 Å². The molecule has 4 saturated heterocycles. The highest BCUT2D eigenvalue weighted by atomic mass is 15.8. The number of hydrogen-bond acceptors (Lipinski definition) is 2. The van der Waals surface area contributed by atoms with E-state index in [-0.39, 0.29) is 0 Å². The standard InChI is InChI=1S/C10H12N2/c1-3-7-5-2-6-8(7)4(1)10-9(3)11(5)12(6)10/h3-10H,1-2H2. The molecule has 7 rings (SSSR count). The average molecular weight is 160 g/mol. The van der Waals surface area contributed by atoms with Crippen LogP contribution in [0.4, 0.5) is 0 Å². The molecule has 12 heavy (non-hydrogen) atoms. The van der Waals surface area contributed by atoms with Crippen molar-refractivity contribution in [2.75, 3.05) is 0 Å². The fourth-order valence-electron chi connectivity index (χ4n) is 6.38. The van der Waals surface area contributed by atoms with Crippen LogP contribution >= 0.6 is 0 Å². The number of hydrogen-bond donors (Lipinski definition) is 0. The van der Waals surface area contributed by atoms with Crippen LogP contribution in [-0.4, -0.2) is 34.2 Å². The van der Waals surface area contributed by atoms with Gasteiger partial charge in [-0.15, -0.1) is 0 Å². The van der Waals surface area contributed by atoms with Crippen LogP contribution in [0.15, 0.2) is 0 Å². The van der Waals surface area contributed by atoms with Crippen LogP contribution in [0.25, 0.3) is 0 Å². The molecule has 3 saturated carbocycles. The summed E-state index contributed by atoms with van der Waals surface area (Å²) in [4.78, 5) is 0. The molecule has 8 unspecified atom stereocenters. The van der Waals surface area contributed by atoms with Gasteiger partial charge in [0.25, 0.3) is 0 Å². The van der Waals surface area contributed by atoms with Crippen LogP contribution in [0, 0.1) is 23.7 Å². The molecule has 2 nitrogen and oxygen atoms in total. The molecule has 4 heterocycles. The van der Waals surface area contributed by atoms with E-state index in [0.29, 0.717) is 0 Å². The molecule has 4 bridgehead atoms. The van der Waals surface area contributed by atoms with Crippen molar-refractivity contribution in [3.63, 3.8) is 0 Å². The molecule has 0 amide bonds. The van der Waals surface area contributed by atoms with Crippen LogP contribution in [0.3, 0.4) is 0 Å². The lowest BCUT2D eigenvalue weighted by molar-refractivity contribution is -0.172. The molecule has 62 valence electrons. The van der Waals surface area contributed by atoms with Gasteiger partial charge in [0.05, 0.1) is 0 Å². The van der Waals surface area contributed by atoms with Crippen molar-refractivity contribution in [3.8, 4) is 0 Å². The first-order valence-corrected chi connectivity index (χ1v) is 5.53. The molecule has 0 radical (unpaired) electrons. The van der Waals surface area contributed by atoms with Crippen LogP contribution in [0.2, 0.25) is 0 Å². The highest BCUT2D eigenvalue weighted by Crippen LogP contribution is 2.78. The van der Waals surface area contributed by atoms with Gasteiger partial charge in [-0.25, -0.2) is 10.0 Å². The monoisotopic (exact) mass is 160 g/mol. The van der Waals surface area contributed by atoms with E-state index in [9.17, 15) is 0 Å². The minimum absolute atomic E-state index is 1.04. The Morgan fingerprint density at radius 1 is 0.750 bits per heavy atom. The van der Waals surface area contributed by atoms with Gasteiger partial charge in [0.1, 0.15) is 0 Å². The molecule has 7 aliphatic rings. The van der Waals surface area contributed by atoms with E-state index >= 15 is 0 Å². The van der Waals surface area contributed by atoms with Gasteiger partial charge in [-0.1, -0.05) is 0 Å². The van der Waals surface area contributed by atoms with Crippen LogP contribution in [-0.2, 0) is 0 Å². The molecule has 0 aromatic carbocycles. The van der Waals surface area contributed by atoms with Crippen molar-refractivity contribution < 1.29 is 0 Å². The van der Waals surface area contributed by atoms with Gasteiger partial charge in [-0.3, -0.25) is 0 Å². The van der Waals surface area contributed by atoms with Gasteiger partial charge in [-0.05, 0) is 36.5 Å². The summed E-state index contributed by atoms with van der Waals surface area (Å²) >= 11 is 0. The summed E-state index contributed by atoms with van der Waals surface area (Å²) in [5, 5.41) is 5.60. The number of hydrazine groups is 1. The lowest BCUT2D eigenvalue weighted by Crippen LogP contribution is -2.66. The SMILES string of the molecule is C1C2C3C4C1C1C2N2C3CC4N12. The van der Waals surface area contributed by atoms with E-state index in [1.165, 1.54) is 23.7 Å². The number of rotatable bonds is 0. The van der Waals surface area contributed by atoms with Gasteiger partial charge in [0.2, 0.25) is 0 Å². The fraction of sp³-hybridized carbons (Fsp3) is 1.00. The molecule has 8 atom stereocenters. The third-order valence-corrected chi connectivity index (χ3v) is 6.13. The zero-order chi connectivity index (χ0) is 7.19. The molecule has 3 aliphatic carbocycles. The molecule has 4 aliphatic heterocycles. The minimum atomic E-state index is 1.04. The Labute approximate surface area is 71.5 Å². The van der Waals surface area contributed by atoms with Gasteiger partial charge < -0.3 is 0 Å². The summed E-state index contributed by atoms with van der Waals surface area (Å²) in [6, 6.07) is 4.21. The Hall–Kier alpha value is -0.0800. The van der Waals surface area contributed by atoms with E-state index in [1.807, 2.05) is 0 Å². The summed E-state index contributed by atoms with van der Waals surface area (Å²) in [5.74, 6) is 4.69. The summed E-state index contributed by atoms with van der Waals surface area (Å²) in [7, 11) is 0. The van der Waals surface area contributed by atoms with Crippen molar-refractivity contribution in [1.29, 1.82) is 0 Å². The highest BCUT2D eigenvalue weighted by molar-refractivity contribution is 5.35. The Morgan fingerprint density at radius 3 is 1.92 bits per heavy atom. The maximum atomic E-state index is 2.80. The highest BCUT2D eigenvalue weighted by Gasteiger charge is 2.85. The first-order chi connectivity index (χ1) is 5.97. The van der Waals surface area contributed by atoms with Crippen molar-refractivity contribution in [2.24, 2.45) is 23.7 Å². The second-order valence-electron chi connectivity index (χ2n) is 5.83. The van der Waals surface area contributed by atoms with Crippen molar-refractivity contribution in [2.45, 2.75) is 37.0 Å². The Balaban J connectivity index is 1.86. The zero-order valence-corrected chi connectivity index (χ0v) is 6.93. The summed E-state index contributed by atoms with van der Waals surface area (Å²) in [5.41, 5.74) is 0. The number of nitrogens with zero attached hydrogens (tertiary/aromatic N) is 2. The van der Waals surface area contributed by atoms with E-state index in [2.05, 4.69) is 10.0 Å². The van der Waals surface area contributed by atoms with Crippen LogP contribution in [0.1, 0.15) is 12.8 Å². The topological polar surface area (TPSA) is 6.48 Å². The van der Waals surface area contributed by atoms with E-state index in [4.69, 9.17) is 0 Å². The van der Waals surface area contributed by atoms with Crippen molar-refractivity contribution in [1.82, 2.24) is 10.0 Å². The fourth-order valence-corrected chi connectivity index (χ4v) is 6.38. The minimum Gasteiger partial charge on any atom is -0.233 e. The quantitative estimate of drug-likeness (QED) is 0.503. The third-order valence-electron chi connectivity index (χ3n) is 6.13. The normalized spacial score (nSPS) is 85.0. The molecule has 0 aromatic heterocycles. The maximum Gasteiger partial charge on any atom is 0.0453 e. The van der Waals surface area contributed by atoms with E-state index in [0.717, 1.165) is 24.2 Å². The maximum absolute atomic E-state index is 2.80. The van der Waals surface area contributed by atoms with Gasteiger partial charge >= 0.3 is 0 Å². The predicted molar refractivity (Wildman–Crippen MR) is 42.0 cm³/mol. The lowest BCUT2D eigenvalue weighted by Gasteiger charge is -2.50. The van der Waals surface area contributed by atoms with E-state index < -0.39 is 0 Å². The van der Waals surface area contributed by atoms with Crippen LogP contribution in [0.5, 0.6) is 0 Å². The first kappa shape index (κ1) is 4.97. The summed E-state index contributed by atoms with van der Waals surface area (Å²) in [6.45, 7) is 0. The molecule has 0 spiro atoms. The Kier molecular flexibility index (Phi) is 0.436. The average Bonchev–Trinajstić information content (AvgIpc) is 2.51. The van der Waals surface area contributed by atoms with E-state index in [1.54, 1.807) is 12.8 Å². The zero-order valence-electron chi connectivity index (χ0n) is 6.93. The van der Waals surface area contributed by atoms with Gasteiger partial charge in [0.15, 0.2) is 0 Å².